The second-order valence-corrected chi connectivity index (χ2v) is 5.14. The van der Waals surface area contributed by atoms with Gasteiger partial charge in [-0.2, -0.15) is 0 Å². The van der Waals surface area contributed by atoms with E-state index in [2.05, 4.69) is 0 Å². The molecule has 0 aliphatic carbocycles. The van der Waals surface area contributed by atoms with Crippen LogP contribution in [0.3, 0.4) is 0 Å². The predicted molar refractivity (Wildman–Crippen MR) is 91.3 cm³/mol. The number of hydrogen-bond acceptors (Lipinski definition) is 5. The van der Waals surface area contributed by atoms with E-state index in [-0.39, 0.29) is 24.7 Å². The average molecular weight is 342 g/mol. The van der Waals surface area contributed by atoms with E-state index >= 15 is 0 Å². The molecule has 2 aromatic rings. The number of carbonyl (C=O) groups is 3. The molecule has 2 rings (SSSR count). The number of rotatable bonds is 7. The van der Waals surface area contributed by atoms with E-state index in [1.54, 1.807) is 19.2 Å². The molecule has 25 heavy (non-hydrogen) atoms. The number of nitrogens with zero attached hydrogens (tertiary/aromatic N) is 1. The van der Waals surface area contributed by atoms with Crippen LogP contribution < -0.4 is 15.4 Å². The van der Waals surface area contributed by atoms with Gasteiger partial charge in [-0.3, -0.25) is 9.59 Å². The number of carbonyl (C=O) groups excluding carboxylic acids is 3. The zero-order chi connectivity index (χ0) is 18.2. The minimum absolute atomic E-state index is 0.246. The summed E-state index contributed by atoms with van der Waals surface area (Å²) in [5.74, 6) is -1.17. The lowest BCUT2D eigenvalue weighted by Crippen LogP contribution is -2.31. The Morgan fingerprint density at radius 3 is 2.20 bits per heavy atom. The molecule has 0 saturated carbocycles. The van der Waals surface area contributed by atoms with Crippen molar-refractivity contribution in [1.82, 2.24) is 0 Å². The van der Waals surface area contributed by atoms with Gasteiger partial charge in [0.2, 0.25) is 0 Å². The molecule has 0 unspecified atom stereocenters. The summed E-state index contributed by atoms with van der Waals surface area (Å²) in [6, 6.07) is 15.0. The quantitative estimate of drug-likeness (QED) is 0.766. The highest BCUT2D eigenvalue weighted by Gasteiger charge is 2.14. The molecule has 130 valence electrons. The van der Waals surface area contributed by atoms with E-state index in [0.717, 1.165) is 0 Å². The molecule has 0 saturated heterocycles. The van der Waals surface area contributed by atoms with Gasteiger partial charge in [-0.25, -0.2) is 4.79 Å². The van der Waals surface area contributed by atoms with Gasteiger partial charge in [0.1, 0.15) is 5.75 Å². The number of esters is 1. The van der Waals surface area contributed by atoms with Gasteiger partial charge in [-0.1, -0.05) is 18.2 Å². The second kappa shape index (κ2) is 8.49. The highest BCUT2D eigenvalue weighted by Crippen LogP contribution is 2.14. The normalized spacial score (nSPS) is 9.96. The third kappa shape index (κ3) is 5.35. The Balaban J connectivity index is 1.87. The summed E-state index contributed by atoms with van der Waals surface area (Å²) in [5, 5.41) is 0. The number of anilines is 1. The van der Waals surface area contributed by atoms with Crippen molar-refractivity contribution in [2.75, 3.05) is 25.2 Å². The molecule has 7 heteroatoms. The molecule has 2 N–H and O–H groups in total. The maximum atomic E-state index is 12.1. The zero-order valence-corrected chi connectivity index (χ0v) is 13.7. The smallest absolute Gasteiger partial charge is 0.338 e. The molecule has 0 aliphatic rings. The van der Waals surface area contributed by atoms with E-state index in [1.165, 1.54) is 29.2 Å². The molecule has 0 radical (unpaired) electrons. The van der Waals surface area contributed by atoms with Crippen LogP contribution in [0, 0.1) is 0 Å². The minimum atomic E-state index is -0.628. The maximum absolute atomic E-state index is 12.1. The van der Waals surface area contributed by atoms with E-state index < -0.39 is 11.9 Å². The van der Waals surface area contributed by atoms with Crippen molar-refractivity contribution in [2.24, 2.45) is 5.73 Å². The van der Waals surface area contributed by atoms with Crippen LogP contribution in [0.5, 0.6) is 5.75 Å². The predicted octanol–water partition coefficient (Wildman–Crippen LogP) is 1.37. The zero-order valence-electron chi connectivity index (χ0n) is 13.7. The lowest BCUT2D eigenvalue weighted by molar-refractivity contribution is -0.121. The van der Waals surface area contributed by atoms with Gasteiger partial charge in [-0.05, 0) is 36.4 Å². The van der Waals surface area contributed by atoms with Crippen molar-refractivity contribution in [1.29, 1.82) is 0 Å². The van der Waals surface area contributed by atoms with E-state index in [1.807, 2.05) is 18.2 Å². The number of hydrogen-bond donors (Lipinski definition) is 1. The van der Waals surface area contributed by atoms with Crippen molar-refractivity contribution in [2.45, 2.75) is 0 Å². The van der Waals surface area contributed by atoms with Crippen LogP contribution in [0.1, 0.15) is 10.4 Å². The minimum Gasteiger partial charge on any atom is -0.484 e. The largest absolute Gasteiger partial charge is 0.484 e. The fraction of sp³-hybridized carbons (Fsp3) is 0.167. The molecule has 0 fully saturated rings. The Kier molecular flexibility index (Phi) is 6.11. The Morgan fingerprint density at radius 1 is 0.960 bits per heavy atom. The average Bonchev–Trinajstić information content (AvgIpc) is 2.64. The van der Waals surface area contributed by atoms with Crippen LogP contribution in [-0.2, 0) is 14.3 Å². The number of likely N-dealkylation sites (N-methyl/N-ethyl adjacent to an activating group) is 1. The van der Waals surface area contributed by atoms with Crippen molar-refractivity contribution in [3.8, 4) is 5.75 Å². The van der Waals surface area contributed by atoms with Crippen molar-refractivity contribution in [3.05, 3.63) is 60.2 Å². The number of primary amides is 1. The topological polar surface area (TPSA) is 98.9 Å². The first kappa shape index (κ1) is 18.0. The number of ether oxygens (including phenoxy) is 2. The monoisotopic (exact) mass is 342 g/mol. The van der Waals surface area contributed by atoms with Crippen LogP contribution >= 0.6 is 0 Å². The molecule has 7 nitrogen and oxygen atoms in total. The van der Waals surface area contributed by atoms with Gasteiger partial charge >= 0.3 is 5.97 Å². The van der Waals surface area contributed by atoms with Crippen LogP contribution in [0.25, 0.3) is 0 Å². The van der Waals surface area contributed by atoms with E-state index in [9.17, 15) is 14.4 Å². The first-order valence-corrected chi connectivity index (χ1v) is 7.47. The summed E-state index contributed by atoms with van der Waals surface area (Å²) >= 11 is 0. The third-order valence-electron chi connectivity index (χ3n) is 3.32. The summed E-state index contributed by atoms with van der Waals surface area (Å²) in [5.41, 5.74) is 5.95. The van der Waals surface area contributed by atoms with Gasteiger partial charge in [-0.15, -0.1) is 0 Å². The van der Waals surface area contributed by atoms with Crippen molar-refractivity contribution >= 4 is 23.5 Å². The highest BCUT2D eigenvalue weighted by atomic mass is 16.5. The SMILES string of the molecule is CN(C(=O)COC(=O)c1ccc(OCC(N)=O)cc1)c1ccccc1. The molecule has 0 aromatic heterocycles. The van der Waals surface area contributed by atoms with Gasteiger partial charge in [0, 0.05) is 12.7 Å². The summed E-state index contributed by atoms with van der Waals surface area (Å²) < 4.78 is 10.1. The Hall–Kier alpha value is -3.35. The number of amides is 2. The number of nitrogens with two attached hydrogens (primary N) is 1. The first-order chi connectivity index (χ1) is 12.0. The van der Waals surface area contributed by atoms with Crippen molar-refractivity contribution < 1.29 is 23.9 Å². The van der Waals surface area contributed by atoms with Crippen LogP contribution in [-0.4, -0.2) is 38.0 Å². The first-order valence-electron chi connectivity index (χ1n) is 7.47. The summed E-state index contributed by atoms with van der Waals surface area (Å²) in [6.45, 7) is -0.617. The molecular formula is C18H18N2O5. The van der Waals surface area contributed by atoms with Gasteiger partial charge < -0.3 is 20.1 Å². The molecule has 0 spiro atoms. The molecular weight excluding hydrogens is 324 g/mol. The van der Waals surface area contributed by atoms with Gasteiger partial charge in [0.15, 0.2) is 13.2 Å². The Bertz CT molecular complexity index is 744. The number of benzene rings is 2. The van der Waals surface area contributed by atoms with Gasteiger partial charge in [0.05, 0.1) is 5.56 Å². The summed E-state index contributed by atoms with van der Waals surface area (Å²) in [4.78, 5) is 36.1. The molecule has 2 aromatic carbocycles. The van der Waals surface area contributed by atoms with E-state index in [0.29, 0.717) is 11.4 Å². The maximum Gasteiger partial charge on any atom is 0.338 e. The highest BCUT2D eigenvalue weighted by molar-refractivity contribution is 5.96. The lowest BCUT2D eigenvalue weighted by atomic mass is 10.2. The summed E-state index contributed by atoms with van der Waals surface area (Å²) in [7, 11) is 1.61. The third-order valence-corrected chi connectivity index (χ3v) is 3.32. The molecule has 0 heterocycles. The Morgan fingerprint density at radius 2 is 1.60 bits per heavy atom. The fourth-order valence-corrected chi connectivity index (χ4v) is 1.94. The lowest BCUT2D eigenvalue weighted by Gasteiger charge is -2.17. The van der Waals surface area contributed by atoms with Crippen LogP contribution in [0.4, 0.5) is 5.69 Å². The molecule has 0 aliphatic heterocycles. The second-order valence-electron chi connectivity index (χ2n) is 5.14. The van der Waals surface area contributed by atoms with E-state index in [4.69, 9.17) is 15.2 Å². The molecule has 0 atom stereocenters. The molecule has 2 amide bonds. The van der Waals surface area contributed by atoms with Crippen LogP contribution in [0.2, 0.25) is 0 Å². The number of para-hydroxylation sites is 1. The standard InChI is InChI=1S/C18H18N2O5/c1-20(14-5-3-2-4-6-14)17(22)12-25-18(23)13-7-9-15(10-8-13)24-11-16(19)21/h2-10H,11-12H2,1H3,(H2,19,21). The summed E-state index contributed by atoms with van der Waals surface area (Å²) in [6.07, 6.45) is 0. The molecule has 0 bridgehead atoms. The van der Waals surface area contributed by atoms with Crippen LogP contribution in [0.15, 0.2) is 54.6 Å². The van der Waals surface area contributed by atoms with Gasteiger partial charge in [0.25, 0.3) is 11.8 Å². The fourth-order valence-electron chi connectivity index (χ4n) is 1.94. The Labute approximate surface area is 144 Å². The van der Waals surface area contributed by atoms with Crippen molar-refractivity contribution in [3.63, 3.8) is 0 Å².